The molecule has 0 amide bonds. The predicted molar refractivity (Wildman–Crippen MR) is 77.1 cm³/mol. The maximum Gasteiger partial charge on any atom is 0.229 e. The summed E-state index contributed by atoms with van der Waals surface area (Å²) in [6.45, 7) is 1.23. The standard InChI is InChI=1S/C13H14ClFN4O/c1-20-7-6-16-12-4-5-17-13(19-12)18-9-2-3-11(15)10(14)8-9/h2-5,8H,6-7H2,1H3,(H2,16,17,18,19). The van der Waals surface area contributed by atoms with Crippen LogP contribution in [0.25, 0.3) is 0 Å². The zero-order chi connectivity index (χ0) is 14.4. The molecule has 0 atom stereocenters. The fourth-order valence-corrected chi connectivity index (χ4v) is 1.68. The molecule has 5 nitrogen and oxygen atoms in total. The van der Waals surface area contributed by atoms with E-state index in [9.17, 15) is 4.39 Å². The predicted octanol–water partition coefficient (Wildman–Crippen LogP) is 3.07. The Morgan fingerprint density at radius 3 is 2.95 bits per heavy atom. The van der Waals surface area contributed by atoms with Crippen LogP contribution in [0.2, 0.25) is 5.02 Å². The van der Waals surface area contributed by atoms with Gasteiger partial charge in [-0.05, 0) is 24.3 Å². The van der Waals surface area contributed by atoms with Gasteiger partial charge in [0.05, 0.1) is 11.6 Å². The lowest BCUT2D eigenvalue weighted by Crippen LogP contribution is -2.09. The van der Waals surface area contributed by atoms with E-state index in [1.807, 2.05) is 0 Å². The number of aromatic nitrogens is 2. The molecule has 0 bridgehead atoms. The number of hydrogen-bond acceptors (Lipinski definition) is 5. The number of anilines is 3. The molecule has 2 aromatic rings. The summed E-state index contributed by atoms with van der Waals surface area (Å²) in [6, 6.07) is 6.07. The lowest BCUT2D eigenvalue weighted by Gasteiger charge is -2.08. The van der Waals surface area contributed by atoms with E-state index in [4.69, 9.17) is 16.3 Å². The van der Waals surface area contributed by atoms with Gasteiger partial charge in [-0.15, -0.1) is 0 Å². The van der Waals surface area contributed by atoms with Crippen molar-refractivity contribution in [1.82, 2.24) is 9.97 Å². The van der Waals surface area contributed by atoms with Gasteiger partial charge in [-0.2, -0.15) is 4.98 Å². The zero-order valence-electron chi connectivity index (χ0n) is 10.9. The van der Waals surface area contributed by atoms with Gasteiger partial charge in [0.1, 0.15) is 11.6 Å². The summed E-state index contributed by atoms with van der Waals surface area (Å²) in [5, 5.41) is 6.09. The van der Waals surface area contributed by atoms with Gasteiger partial charge in [-0.1, -0.05) is 11.6 Å². The first-order chi connectivity index (χ1) is 9.69. The van der Waals surface area contributed by atoms with Crippen molar-refractivity contribution in [3.05, 3.63) is 41.3 Å². The molecule has 0 unspecified atom stereocenters. The molecule has 7 heteroatoms. The smallest absolute Gasteiger partial charge is 0.229 e. The third kappa shape index (κ3) is 4.04. The summed E-state index contributed by atoms with van der Waals surface area (Å²) in [5.74, 6) is 0.607. The van der Waals surface area contributed by atoms with Crippen molar-refractivity contribution in [3.8, 4) is 0 Å². The van der Waals surface area contributed by atoms with E-state index in [1.165, 1.54) is 12.1 Å². The van der Waals surface area contributed by atoms with Gasteiger partial charge < -0.3 is 15.4 Å². The Labute approximate surface area is 121 Å². The van der Waals surface area contributed by atoms with Crippen molar-refractivity contribution in [2.75, 3.05) is 30.9 Å². The minimum absolute atomic E-state index is 0.0457. The van der Waals surface area contributed by atoms with E-state index >= 15 is 0 Å². The summed E-state index contributed by atoms with van der Waals surface area (Å²) < 4.78 is 18.0. The number of halogens is 2. The minimum Gasteiger partial charge on any atom is -0.383 e. The Morgan fingerprint density at radius 1 is 1.35 bits per heavy atom. The molecular formula is C13H14ClFN4O. The van der Waals surface area contributed by atoms with Gasteiger partial charge in [0, 0.05) is 25.5 Å². The van der Waals surface area contributed by atoms with Crippen molar-refractivity contribution in [1.29, 1.82) is 0 Å². The second-order valence-corrected chi connectivity index (χ2v) is 4.35. The van der Waals surface area contributed by atoms with Crippen LogP contribution >= 0.6 is 11.6 Å². The topological polar surface area (TPSA) is 59.1 Å². The molecular weight excluding hydrogens is 283 g/mol. The van der Waals surface area contributed by atoms with Crippen LogP contribution in [0, 0.1) is 5.82 Å². The lowest BCUT2D eigenvalue weighted by molar-refractivity contribution is 0.210. The summed E-state index contributed by atoms with van der Waals surface area (Å²) in [5.41, 5.74) is 0.616. The number of ether oxygens (including phenoxy) is 1. The zero-order valence-corrected chi connectivity index (χ0v) is 11.6. The molecule has 1 heterocycles. The third-order valence-electron chi connectivity index (χ3n) is 2.44. The minimum atomic E-state index is -0.465. The maximum atomic E-state index is 13.1. The number of rotatable bonds is 6. The SMILES string of the molecule is COCCNc1ccnc(Nc2ccc(F)c(Cl)c2)n1. The molecule has 106 valence electrons. The Morgan fingerprint density at radius 2 is 2.20 bits per heavy atom. The van der Waals surface area contributed by atoms with Crippen LogP contribution in [0.4, 0.5) is 21.8 Å². The molecule has 0 saturated carbocycles. The van der Waals surface area contributed by atoms with Crippen LogP contribution in [-0.2, 0) is 4.74 Å². The number of nitrogens with one attached hydrogen (secondary N) is 2. The first kappa shape index (κ1) is 14.5. The van der Waals surface area contributed by atoms with Crippen molar-refractivity contribution in [2.45, 2.75) is 0 Å². The van der Waals surface area contributed by atoms with Crippen molar-refractivity contribution < 1.29 is 9.13 Å². The van der Waals surface area contributed by atoms with Gasteiger partial charge >= 0.3 is 0 Å². The molecule has 0 spiro atoms. The average Bonchev–Trinajstić information content (AvgIpc) is 2.44. The molecule has 0 aliphatic rings. The normalized spacial score (nSPS) is 10.3. The van der Waals surface area contributed by atoms with Crippen LogP contribution in [0.5, 0.6) is 0 Å². The van der Waals surface area contributed by atoms with Crippen molar-refractivity contribution in [2.24, 2.45) is 0 Å². The van der Waals surface area contributed by atoms with Gasteiger partial charge in [-0.25, -0.2) is 9.37 Å². The Bertz CT molecular complexity index is 582. The molecule has 20 heavy (non-hydrogen) atoms. The second kappa shape index (κ2) is 7.02. The molecule has 1 aromatic heterocycles. The highest BCUT2D eigenvalue weighted by Gasteiger charge is 2.03. The van der Waals surface area contributed by atoms with E-state index in [0.29, 0.717) is 30.6 Å². The lowest BCUT2D eigenvalue weighted by atomic mass is 10.3. The molecule has 0 radical (unpaired) electrons. The quantitative estimate of drug-likeness (QED) is 0.802. The maximum absolute atomic E-state index is 13.1. The Balaban J connectivity index is 2.05. The summed E-state index contributed by atoms with van der Waals surface area (Å²) in [6.07, 6.45) is 1.62. The van der Waals surface area contributed by atoms with Crippen molar-refractivity contribution in [3.63, 3.8) is 0 Å². The summed E-state index contributed by atoms with van der Waals surface area (Å²) in [4.78, 5) is 8.35. The van der Waals surface area contributed by atoms with Gasteiger partial charge in [0.2, 0.25) is 5.95 Å². The summed E-state index contributed by atoms with van der Waals surface area (Å²) in [7, 11) is 1.63. The molecule has 2 N–H and O–H groups in total. The van der Waals surface area contributed by atoms with Crippen molar-refractivity contribution >= 4 is 29.1 Å². The second-order valence-electron chi connectivity index (χ2n) is 3.94. The van der Waals surface area contributed by atoms with Crippen LogP contribution in [0.15, 0.2) is 30.5 Å². The highest BCUT2D eigenvalue weighted by atomic mass is 35.5. The molecule has 0 fully saturated rings. The van der Waals surface area contributed by atoms with E-state index in [0.717, 1.165) is 0 Å². The average molecular weight is 297 g/mol. The largest absolute Gasteiger partial charge is 0.383 e. The van der Waals surface area contributed by atoms with Crippen LogP contribution in [-0.4, -0.2) is 30.2 Å². The van der Waals surface area contributed by atoms with E-state index in [2.05, 4.69) is 20.6 Å². The molecule has 2 rings (SSSR count). The fourth-order valence-electron chi connectivity index (χ4n) is 1.50. The number of methoxy groups -OCH3 is 1. The van der Waals surface area contributed by atoms with Gasteiger partial charge in [0.25, 0.3) is 0 Å². The Kier molecular flexibility index (Phi) is 5.09. The van der Waals surface area contributed by atoms with Gasteiger partial charge in [0.15, 0.2) is 0 Å². The highest BCUT2D eigenvalue weighted by molar-refractivity contribution is 6.31. The van der Waals surface area contributed by atoms with Crippen LogP contribution < -0.4 is 10.6 Å². The fraction of sp³-hybridized carbons (Fsp3) is 0.231. The monoisotopic (exact) mass is 296 g/mol. The third-order valence-corrected chi connectivity index (χ3v) is 2.73. The molecule has 0 saturated heterocycles. The highest BCUT2D eigenvalue weighted by Crippen LogP contribution is 2.21. The number of hydrogen-bond donors (Lipinski definition) is 2. The van der Waals surface area contributed by atoms with E-state index in [-0.39, 0.29) is 5.02 Å². The Hall–Kier alpha value is -1.92. The number of nitrogens with zero attached hydrogens (tertiary/aromatic N) is 2. The first-order valence-corrected chi connectivity index (χ1v) is 6.35. The molecule has 0 aliphatic heterocycles. The summed E-state index contributed by atoms with van der Waals surface area (Å²) >= 11 is 5.71. The molecule has 1 aromatic carbocycles. The molecule has 0 aliphatic carbocycles. The first-order valence-electron chi connectivity index (χ1n) is 5.97. The van der Waals surface area contributed by atoms with Crippen LogP contribution in [0.3, 0.4) is 0 Å². The van der Waals surface area contributed by atoms with Gasteiger partial charge in [-0.3, -0.25) is 0 Å². The number of benzene rings is 1. The van der Waals surface area contributed by atoms with E-state index < -0.39 is 5.82 Å². The van der Waals surface area contributed by atoms with E-state index in [1.54, 1.807) is 25.4 Å². The van der Waals surface area contributed by atoms with Crippen LogP contribution in [0.1, 0.15) is 0 Å².